The first kappa shape index (κ1) is 24.4. The van der Waals surface area contributed by atoms with Crippen LogP contribution in [0.15, 0.2) is 83.9 Å². The van der Waals surface area contributed by atoms with Crippen LogP contribution in [-0.2, 0) is 17.5 Å². The molecule has 6 nitrogen and oxygen atoms in total. The molecule has 4 aromatic rings. The monoisotopic (exact) mass is 522 g/mol. The van der Waals surface area contributed by atoms with Gasteiger partial charge in [0.1, 0.15) is 5.82 Å². The van der Waals surface area contributed by atoms with E-state index in [1.807, 2.05) is 24.3 Å². The van der Waals surface area contributed by atoms with E-state index in [-0.39, 0.29) is 11.7 Å². The summed E-state index contributed by atoms with van der Waals surface area (Å²) in [7, 11) is -1.50. The number of rotatable bonds is 6. The lowest BCUT2D eigenvalue weighted by atomic mass is 10.1. The number of piperazine rings is 1. The van der Waals surface area contributed by atoms with Crippen molar-refractivity contribution in [1.82, 2.24) is 14.8 Å². The Bertz CT molecular complexity index is 1420. The van der Waals surface area contributed by atoms with Gasteiger partial charge in [0.25, 0.3) is 5.91 Å². The molecule has 2 heterocycles. The maximum Gasteiger partial charge on any atom is 0.253 e. The van der Waals surface area contributed by atoms with Crippen LogP contribution in [0.3, 0.4) is 0 Å². The van der Waals surface area contributed by atoms with Crippen molar-refractivity contribution < 1.29 is 13.4 Å². The predicted octanol–water partition coefficient (Wildman–Crippen LogP) is 5.12. The molecule has 1 saturated heterocycles. The summed E-state index contributed by atoms with van der Waals surface area (Å²) in [5.74, 6) is -0.370. The standard InChI is InChI=1S/C27H24ClFN4O2S/c28-22-9-6-21(24(29)17-22)18-32-13-15-33(16-14-32)27(34)20-7-10-23(11-8-20)31-36(35)25-5-1-3-19-4-2-12-30-26(19)25/h1-12,17,31H,13-16,18H2. The summed E-state index contributed by atoms with van der Waals surface area (Å²) in [6, 6.07) is 21.0. The van der Waals surface area contributed by atoms with E-state index in [1.165, 1.54) is 6.07 Å². The van der Waals surface area contributed by atoms with Crippen molar-refractivity contribution in [2.24, 2.45) is 0 Å². The van der Waals surface area contributed by atoms with E-state index in [4.69, 9.17) is 11.6 Å². The number of nitrogens with zero attached hydrogens (tertiary/aromatic N) is 3. The van der Waals surface area contributed by atoms with Crippen molar-refractivity contribution in [1.29, 1.82) is 0 Å². The second-order valence-corrected chi connectivity index (χ2v) is 10.2. The van der Waals surface area contributed by atoms with E-state index in [1.54, 1.807) is 53.6 Å². The van der Waals surface area contributed by atoms with Crippen LogP contribution in [0.1, 0.15) is 15.9 Å². The van der Waals surface area contributed by atoms with E-state index in [9.17, 15) is 13.4 Å². The molecular formula is C27H24ClFN4O2S. The Morgan fingerprint density at radius 1 is 1.00 bits per heavy atom. The van der Waals surface area contributed by atoms with Gasteiger partial charge in [-0.2, -0.15) is 0 Å². The van der Waals surface area contributed by atoms with Crippen LogP contribution in [0, 0.1) is 5.82 Å². The number of carbonyl (C=O) groups excluding carboxylic acids is 1. The van der Waals surface area contributed by atoms with Gasteiger partial charge in [-0.1, -0.05) is 35.9 Å². The number of aromatic nitrogens is 1. The van der Waals surface area contributed by atoms with Crippen molar-refractivity contribution in [3.63, 3.8) is 0 Å². The number of nitrogens with one attached hydrogen (secondary N) is 1. The number of benzene rings is 3. The van der Waals surface area contributed by atoms with Gasteiger partial charge in [0.15, 0.2) is 11.0 Å². The van der Waals surface area contributed by atoms with Gasteiger partial charge in [0.2, 0.25) is 0 Å². The number of carbonyl (C=O) groups is 1. The third-order valence-corrected chi connectivity index (χ3v) is 7.59. The fraction of sp³-hybridized carbons (Fsp3) is 0.185. The summed E-state index contributed by atoms with van der Waals surface area (Å²) < 4.78 is 30.0. The molecule has 1 aromatic heterocycles. The van der Waals surface area contributed by atoms with Gasteiger partial charge in [0.05, 0.1) is 10.4 Å². The zero-order chi connectivity index (χ0) is 25.1. The number of hydrogen-bond acceptors (Lipinski definition) is 4. The van der Waals surface area contributed by atoms with Crippen LogP contribution in [0.5, 0.6) is 0 Å². The van der Waals surface area contributed by atoms with Crippen molar-refractivity contribution in [2.45, 2.75) is 11.4 Å². The zero-order valence-corrected chi connectivity index (χ0v) is 20.9. The quantitative estimate of drug-likeness (QED) is 0.382. The first-order valence-corrected chi connectivity index (χ1v) is 13.1. The summed E-state index contributed by atoms with van der Waals surface area (Å²) >= 11 is 5.84. The van der Waals surface area contributed by atoms with E-state index >= 15 is 0 Å². The molecule has 0 spiro atoms. The molecule has 5 rings (SSSR count). The second kappa shape index (κ2) is 10.7. The summed E-state index contributed by atoms with van der Waals surface area (Å²) in [6.45, 7) is 2.92. The van der Waals surface area contributed by atoms with Crippen molar-refractivity contribution in [3.8, 4) is 0 Å². The SMILES string of the molecule is O=C(c1ccc(NS(=O)c2cccc3cccnc23)cc1)N1CCN(Cc2ccc(Cl)cc2F)CC1. The van der Waals surface area contributed by atoms with Gasteiger partial charge in [-0.25, -0.2) is 8.60 Å². The molecule has 1 aliphatic heterocycles. The highest BCUT2D eigenvalue weighted by Crippen LogP contribution is 2.22. The third-order valence-electron chi connectivity index (χ3n) is 6.21. The Morgan fingerprint density at radius 2 is 1.75 bits per heavy atom. The average molecular weight is 523 g/mol. The van der Waals surface area contributed by atoms with E-state index < -0.39 is 11.0 Å². The largest absolute Gasteiger partial charge is 0.336 e. The zero-order valence-electron chi connectivity index (χ0n) is 19.4. The maximum atomic E-state index is 14.1. The van der Waals surface area contributed by atoms with Crippen molar-refractivity contribution in [3.05, 3.63) is 101 Å². The molecule has 184 valence electrons. The highest BCUT2D eigenvalue weighted by atomic mass is 35.5. The number of hydrogen-bond donors (Lipinski definition) is 1. The van der Waals surface area contributed by atoms with Crippen LogP contribution < -0.4 is 4.72 Å². The molecule has 1 fully saturated rings. The van der Waals surface area contributed by atoms with Gasteiger partial charge in [0, 0.05) is 66.1 Å². The molecule has 0 bridgehead atoms. The van der Waals surface area contributed by atoms with Crippen LogP contribution >= 0.6 is 11.6 Å². The molecule has 0 aliphatic carbocycles. The number of amides is 1. The molecule has 9 heteroatoms. The Balaban J connectivity index is 1.18. The number of anilines is 1. The Labute approximate surface area is 216 Å². The third kappa shape index (κ3) is 5.41. The number of fused-ring (bicyclic) bond motifs is 1. The minimum Gasteiger partial charge on any atom is -0.336 e. The summed E-state index contributed by atoms with van der Waals surface area (Å²) in [5.41, 5.74) is 2.50. The van der Waals surface area contributed by atoms with E-state index in [0.717, 1.165) is 5.39 Å². The molecule has 1 amide bonds. The number of pyridine rings is 1. The lowest BCUT2D eigenvalue weighted by Gasteiger charge is -2.34. The lowest BCUT2D eigenvalue weighted by molar-refractivity contribution is 0.0627. The normalized spacial score (nSPS) is 15.1. The van der Waals surface area contributed by atoms with Crippen molar-refractivity contribution >= 4 is 45.1 Å². The molecule has 0 radical (unpaired) electrons. The molecule has 1 atom stereocenters. The topological polar surface area (TPSA) is 65.5 Å². The fourth-order valence-electron chi connectivity index (χ4n) is 4.25. The Hall–Kier alpha value is -3.33. The van der Waals surface area contributed by atoms with Crippen LogP contribution in [0.25, 0.3) is 10.9 Å². The molecule has 0 saturated carbocycles. The average Bonchev–Trinajstić information content (AvgIpc) is 2.90. The molecule has 1 N–H and O–H groups in total. The second-order valence-electron chi connectivity index (χ2n) is 8.58. The number of halogens is 2. The van der Waals surface area contributed by atoms with Gasteiger partial charge >= 0.3 is 0 Å². The van der Waals surface area contributed by atoms with Crippen LogP contribution in [0.4, 0.5) is 10.1 Å². The highest BCUT2D eigenvalue weighted by molar-refractivity contribution is 7.86. The van der Waals surface area contributed by atoms with Gasteiger partial charge in [-0.15, -0.1) is 0 Å². The minimum absolute atomic E-state index is 0.0572. The molecule has 1 unspecified atom stereocenters. The fourth-order valence-corrected chi connectivity index (χ4v) is 5.42. The van der Waals surface area contributed by atoms with Crippen LogP contribution in [0.2, 0.25) is 5.02 Å². The summed E-state index contributed by atoms with van der Waals surface area (Å²) in [4.78, 5) is 21.9. The van der Waals surface area contributed by atoms with Gasteiger partial charge < -0.3 is 9.62 Å². The summed E-state index contributed by atoms with van der Waals surface area (Å²) in [5, 5.41) is 1.30. The van der Waals surface area contributed by atoms with Gasteiger partial charge in [-0.05, 0) is 48.5 Å². The predicted molar refractivity (Wildman–Crippen MR) is 141 cm³/mol. The van der Waals surface area contributed by atoms with Gasteiger partial charge in [-0.3, -0.25) is 14.7 Å². The lowest BCUT2D eigenvalue weighted by Crippen LogP contribution is -2.48. The smallest absolute Gasteiger partial charge is 0.253 e. The van der Waals surface area contributed by atoms with E-state index in [0.29, 0.717) is 65.0 Å². The molecular weight excluding hydrogens is 499 g/mol. The minimum atomic E-state index is -1.50. The molecule has 1 aliphatic rings. The van der Waals surface area contributed by atoms with E-state index in [2.05, 4.69) is 14.6 Å². The molecule has 36 heavy (non-hydrogen) atoms. The van der Waals surface area contributed by atoms with Crippen molar-refractivity contribution in [2.75, 3.05) is 30.9 Å². The number of para-hydroxylation sites is 1. The first-order chi connectivity index (χ1) is 17.5. The Morgan fingerprint density at radius 3 is 2.50 bits per heavy atom. The van der Waals surface area contributed by atoms with Crippen LogP contribution in [-0.4, -0.2) is 51.1 Å². The Kier molecular flexibility index (Phi) is 7.27. The summed E-state index contributed by atoms with van der Waals surface area (Å²) in [6.07, 6.45) is 1.68. The maximum absolute atomic E-state index is 14.1. The molecule has 3 aromatic carbocycles. The highest BCUT2D eigenvalue weighted by Gasteiger charge is 2.23. The first-order valence-electron chi connectivity index (χ1n) is 11.6.